The topological polar surface area (TPSA) is 38.3 Å². The number of hydrogen-bond donors (Lipinski definition) is 1. The van der Waals surface area contributed by atoms with Crippen molar-refractivity contribution in [3.8, 4) is 0 Å². The van der Waals surface area contributed by atoms with E-state index >= 15 is 0 Å². The fraction of sp³-hybridized carbons (Fsp3) is 0.769. The zero-order valence-corrected chi connectivity index (χ0v) is 11.6. The highest BCUT2D eigenvalue weighted by molar-refractivity contribution is 5.68. The van der Waals surface area contributed by atoms with Crippen molar-refractivity contribution in [3.05, 3.63) is 12.2 Å². The zero-order chi connectivity index (χ0) is 13.1. The first kappa shape index (κ1) is 15.0. The molecule has 0 aliphatic rings. The second-order valence-corrected chi connectivity index (χ2v) is 6.14. The highest BCUT2D eigenvalue weighted by Gasteiger charge is 2.23. The van der Waals surface area contributed by atoms with Crippen molar-refractivity contribution in [1.82, 2.24) is 5.32 Å². The van der Waals surface area contributed by atoms with Gasteiger partial charge in [0, 0.05) is 0 Å². The van der Waals surface area contributed by atoms with Crippen LogP contribution in [-0.2, 0) is 4.74 Å². The van der Waals surface area contributed by atoms with Gasteiger partial charge in [-0.15, -0.1) is 0 Å². The van der Waals surface area contributed by atoms with Crippen LogP contribution in [0.4, 0.5) is 4.79 Å². The van der Waals surface area contributed by atoms with Gasteiger partial charge in [-0.25, -0.2) is 4.79 Å². The quantitative estimate of drug-likeness (QED) is 0.733. The fourth-order valence-electron chi connectivity index (χ4n) is 1.22. The summed E-state index contributed by atoms with van der Waals surface area (Å²) in [5, 5.41) is 2.78. The molecule has 0 heterocycles. The van der Waals surface area contributed by atoms with Crippen molar-refractivity contribution in [2.75, 3.05) is 0 Å². The van der Waals surface area contributed by atoms with Crippen LogP contribution in [0.2, 0.25) is 0 Å². The number of rotatable bonds is 2. The molecule has 0 rings (SSSR count). The standard InChI is InChI=1S/C13H25NO2/c1-9(12(3,4)5)10(2)14-11(15)16-13(6,7)8/h10H,1H2,2-8H3,(H,14,15)/t10-/m1/s1. The molecule has 0 aromatic heterocycles. The summed E-state index contributed by atoms with van der Waals surface area (Å²) in [7, 11) is 0. The number of amides is 1. The van der Waals surface area contributed by atoms with Gasteiger partial charge in [-0.2, -0.15) is 0 Å². The van der Waals surface area contributed by atoms with Crippen LogP contribution in [0.15, 0.2) is 12.2 Å². The molecule has 0 fully saturated rings. The van der Waals surface area contributed by atoms with Crippen LogP contribution in [-0.4, -0.2) is 17.7 Å². The lowest BCUT2D eigenvalue weighted by Crippen LogP contribution is -2.40. The van der Waals surface area contributed by atoms with Crippen LogP contribution >= 0.6 is 0 Å². The largest absolute Gasteiger partial charge is 0.444 e. The molecule has 0 saturated heterocycles. The first-order chi connectivity index (χ1) is 6.93. The fourth-order valence-corrected chi connectivity index (χ4v) is 1.22. The molecule has 1 N–H and O–H groups in total. The van der Waals surface area contributed by atoms with Gasteiger partial charge in [-0.1, -0.05) is 27.4 Å². The van der Waals surface area contributed by atoms with Crippen molar-refractivity contribution in [2.24, 2.45) is 5.41 Å². The Bertz CT molecular complexity index is 269. The van der Waals surface area contributed by atoms with E-state index in [0.717, 1.165) is 5.57 Å². The Hall–Kier alpha value is -0.990. The summed E-state index contributed by atoms with van der Waals surface area (Å²) in [6.07, 6.45) is -0.398. The van der Waals surface area contributed by atoms with E-state index in [4.69, 9.17) is 4.74 Å². The lowest BCUT2D eigenvalue weighted by molar-refractivity contribution is 0.0512. The van der Waals surface area contributed by atoms with E-state index in [9.17, 15) is 4.79 Å². The van der Waals surface area contributed by atoms with E-state index in [2.05, 4.69) is 32.7 Å². The molecule has 1 atom stereocenters. The first-order valence-electron chi connectivity index (χ1n) is 5.62. The lowest BCUT2D eigenvalue weighted by Gasteiger charge is -2.28. The molecule has 0 aromatic rings. The Kier molecular flexibility index (Phi) is 4.59. The van der Waals surface area contributed by atoms with Crippen LogP contribution in [0.25, 0.3) is 0 Å². The molecule has 0 unspecified atom stereocenters. The van der Waals surface area contributed by atoms with E-state index < -0.39 is 11.7 Å². The molecule has 1 amide bonds. The van der Waals surface area contributed by atoms with Gasteiger partial charge in [0.2, 0.25) is 0 Å². The summed E-state index contributed by atoms with van der Waals surface area (Å²) in [6.45, 7) is 17.7. The van der Waals surface area contributed by atoms with Crippen molar-refractivity contribution in [3.63, 3.8) is 0 Å². The minimum Gasteiger partial charge on any atom is -0.444 e. The van der Waals surface area contributed by atoms with E-state index in [1.807, 2.05) is 27.7 Å². The predicted octanol–water partition coefficient (Wildman–Crippen LogP) is 3.50. The molecule has 0 bridgehead atoms. The summed E-state index contributed by atoms with van der Waals surface area (Å²) < 4.78 is 5.18. The summed E-state index contributed by atoms with van der Waals surface area (Å²) >= 11 is 0. The molecule has 3 heteroatoms. The average Bonchev–Trinajstić information content (AvgIpc) is 1.96. The van der Waals surface area contributed by atoms with E-state index in [0.29, 0.717) is 0 Å². The van der Waals surface area contributed by atoms with Gasteiger partial charge in [0.05, 0.1) is 6.04 Å². The van der Waals surface area contributed by atoms with Gasteiger partial charge in [0.25, 0.3) is 0 Å². The van der Waals surface area contributed by atoms with Gasteiger partial charge in [-0.3, -0.25) is 0 Å². The third kappa shape index (κ3) is 5.79. The monoisotopic (exact) mass is 227 g/mol. The molecule has 16 heavy (non-hydrogen) atoms. The van der Waals surface area contributed by atoms with Gasteiger partial charge < -0.3 is 10.1 Å². The Morgan fingerprint density at radius 2 is 1.62 bits per heavy atom. The van der Waals surface area contributed by atoms with Crippen LogP contribution in [0.5, 0.6) is 0 Å². The Morgan fingerprint density at radius 3 is 1.94 bits per heavy atom. The van der Waals surface area contributed by atoms with E-state index in [1.54, 1.807) is 0 Å². The number of ether oxygens (including phenoxy) is 1. The minimum atomic E-state index is -0.465. The minimum absolute atomic E-state index is 0.0194. The van der Waals surface area contributed by atoms with Crippen molar-refractivity contribution in [2.45, 2.75) is 60.1 Å². The van der Waals surface area contributed by atoms with Crippen molar-refractivity contribution in [1.29, 1.82) is 0 Å². The predicted molar refractivity (Wildman–Crippen MR) is 67.4 cm³/mol. The molecule has 0 aromatic carbocycles. The maximum absolute atomic E-state index is 11.5. The molecule has 0 aliphatic carbocycles. The van der Waals surface area contributed by atoms with Gasteiger partial charge in [-0.05, 0) is 38.7 Å². The molecule has 94 valence electrons. The van der Waals surface area contributed by atoms with Crippen molar-refractivity contribution >= 4 is 6.09 Å². The molecule has 3 nitrogen and oxygen atoms in total. The first-order valence-corrected chi connectivity index (χ1v) is 5.62. The highest BCUT2D eigenvalue weighted by Crippen LogP contribution is 2.26. The second kappa shape index (κ2) is 4.89. The number of carbonyl (C=O) groups excluding carboxylic acids is 1. The third-order valence-corrected chi connectivity index (χ3v) is 2.22. The summed E-state index contributed by atoms with van der Waals surface area (Å²) in [6, 6.07) is -0.0881. The van der Waals surface area contributed by atoms with E-state index in [-0.39, 0.29) is 11.5 Å². The number of alkyl carbamates (subject to hydrolysis) is 1. The molecule has 0 aliphatic heterocycles. The van der Waals surface area contributed by atoms with Gasteiger partial charge in [0.1, 0.15) is 5.60 Å². The molecule has 0 saturated carbocycles. The zero-order valence-electron chi connectivity index (χ0n) is 11.6. The normalized spacial score (nSPS) is 14.2. The second-order valence-electron chi connectivity index (χ2n) is 6.14. The van der Waals surface area contributed by atoms with E-state index in [1.165, 1.54) is 0 Å². The van der Waals surface area contributed by atoms with Crippen LogP contribution in [0.3, 0.4) is 0 Å². The summed E-state index contributed by atoms with van der Waals surface area (Å²) in [4.78, 5) is 11.5. The summed E-state index contributed by atoms with van der Waals surface area (Å²) in [5.74, 6) is 0. The Labute approximate surface area is 99.3 Å². The average molecular weight is 227 g/mol. The number of carbonyl (C=O) groups is 1. The number of nitrogens with one attached hydrogen (secondary N) is 1. The molecular formula is C13H25NO2. The molecule has 0 radical (unpaired) electrons. The van der Waals surface area contributed by atoms with Crippen LogP contribution < -0.4 is 5.32 Å². The highest BCUT2D eigenvalue weighted by atomic mass is 16.6. The van der Waals surface area contributed by atoms with Gasteiger partial charge >= 0.3 is 6.09 Å². The third-order valence-electron chi connectivity index (χ3n) is 2.22. The van der Waals surface area contributed by atoms with Crippen LogP contribution in [0.1, 0.15) is 48.5 Å². The SMILES string of the molecule is C=C([C@@H](C)NC(=O)OC(C)(C)C)C(C)(C)C. The van der Waals surface area contributed by atoms with Gasteiger partial charge in [0.15, 0.2) is 0 Å². The lowest BCUT2D eigenvalue weighted by atomic mass is 9.84. The molecule has 0 spiro atoms. The Morgan fingerprint density at radius 1 is 1.19 bits per heavy atom. The summed E-state index contributed by atoms with van der Waals surface area (Å²) in [5.41, 5.74) is 0.500. The van der Waals surface area contributed by atoms with Crippen LogP contribution in [0, 0.1) is 5.41 Å². The maximum atomic E-state index is 11.5. The molecular weight excluding hydrogens is 202 g/mol. The maximum Gasteiger partial charge on any atom is 0.408 e. The Balaban J connectivity index is 4.32. The smallest absolute Gasteiger partial charge is 0.408 e. The number of hydrogen-bond acceptors (Lipinski definition) is 2. The van der Waals surface area contributed by atoms with Crippen molar-refractivity contribution < 1.29 is 9.53 Å².